The highest BCUT2D eigenvalue weighted by Crippen LogP contribution is 2.27. The van der Waals surface area contributed by atoms with E-state index in [1.54, 1.807) is 6.33 Å². The number of carbonyl (C=O) groups excluding carboxylic acids is 1. The Morgan fingerprint density at radius 1 is 1.04 bits per heavy atom. The second-order valence-electron chi connectivity index (χ2n) is 6.83. The summed E-state index contributed by atoms with van der Waals surface area (Å²) in [6.45, 7) is 3.69. The summed E-state index contributed by atoms with van der Waals surface area (Å²) in [6.07, 6.45) is 3.28. The lowest BCUT2D eigenvalue weighted by Gasteiger charge is -2.32. The Labute approximate surface area is 153 Å². The number of carbonyl (C=O) groups is 1. The van der Waals surface area contributed by atoms with E-state index in [2.05, 4.69) is 26.3 Å². The number of benzene rings is 2. The smallest absolute Gasteiger partial charge is 0.227 e. The zero-order valence-corrected chi connectivity index (χ0v) is 14.9. The first-order valence-electron chi connectivity index (χ1n) is 9.03. The third-order valence-corrected chi connectivity index (χ3v) is 5.01. The van der Waals surface area contributed by atoms with Crippen molar-refractivity contribution < 1.29 is 4.79 Å². The SMILES string of the molecule is Cc1ccc(NC(=O)C2CCN(c3ncnc4ccccc34)CC2)cc1. The molecular formula is C21H22N4O. The highest BCUT2D eigenvalue weighted by molar-refractivity contribution is 5.93. The molecule has 0 atom stereocenters. The summed E-state index contributed by atoms with van der Waals surface area (Å²) < 4.78 is 0. The Bertz CT molecular complexity index is 909. The van der Waals surface area contributed by atoms with E-state index >= 15 is 0 Å². The maximum Gasteiger partial charge on any atom is 0.227 e. The summed E-state index contributed by atoms with van der Waals surface area (Å²) in [7, 11) is 0. The second kappa shape index (κ2) is 7.12. The van der Waals surface area contributed by atoms with E-state index in [0.717, 1.165) is 48.3 Å². The molecule has 1 aromatic heterocycles. The minimum Gasteiger partial charge on any atom is -0.356 e. The van der Waals surface area contributed by atoms with Crippen molar-refractivity contribution in [3.63, 3.8) is 0 Å². The lowest BCUT2D eigenvalue weighted by atomic mass is 9.95. The standard InChI is InChI=1S/C21H22N4O/c1-15-6-8-17(9-7-15)24-21(26)16-10-12-25(13-11-16)20-18-4-2-3-5-19(18)22-14-23-20/h2-9,14,16H,10-13H2,1H3,(H,24,26). The summed E-state index contributed by atoms with van der Waals surface area (Å²) in [5, 5.41) is 4.11. The number of para-hydroxylation sites is 1. The van der Waals surface area contributed by atoms with E-state index in [0.29, 0.717) is 0 Å². The molecule has 0 spiro atoms. The van der Waals surface area contributed by atoms with Crippen LogP contribution in [0.2, 0.25) is 0 Å². The number of anilines is 2. The van der Waals surface area contributed by atoms with Gasteiger partial charge < -0.3 is 10.2 Å². The molecule has 3 aromatic rings. The average Bonchev–Trinajstić information content (AvgIpc) is 2.69. The Kier molecular flexibility index (Phi) is 4.52. The predicted molar refractivity (Wildman–Crippen MR) is 104 cm³/mol. The van der Waals surface area contributed by atoms with Gasteiger partial charge in [0.2, 0.25) is 5.91 Å². The van der Waals surface area contributed by atoms with Gasteiger partial charge in [0.1, 0.15) is 12.1 Å². The summed E-state index contributed by atoms with van der Waals surface area (Å²) in [4.78, 5) is 23.6. The van der Waals surface area contributed by atoms with Crippen LogP contribution in [0.5, 0.6) is 0 Å². The summed E-state index contributed by atoms with van der Waals surface area (Å²) in [6, 6.07) is 16.0. The monoisotopic (exact) mass is 346 g/mol. The fraction of sp³-hybridized carbons (Fsp3) is 0.286. The van der Waals surface area contributed by atoms with E-state index in [-0.39, 0.29) is 11.8 Å². The molecule has 0 unspecified atom stereocenters. The normalized spacial score (nSPS) is 15.2. The lowest BCUT2D eigenvalue weighted by molar-refractivity contribution is -0.120. The number of nitrogens with one attached hydrogen (secondary N) is 1. The van der Waals surface area contributed by atoms with Gasteiger partial charge in [-0.05, 0) is 44.0 Å². The first-order valence-corrected chi connectivity index (χ1v) is 9.03. The summed E-state index contributed by atoms with van der Waals surface area (Å²) >= 11 is 0. The predicted octanol–water partition coefficient (Wildman–Crippen LogP) is 3.79. The van der Waals surface area contributed by atoms with Gasteiger partial charge in [-0.2, -0.15) is 0 Å². The number of fused-ring (bicyclic) bond motifs is 1. The number of piperidine rings is 1. The summed E-state index contributed by atoms with van der Waals surface area (Å²) in [5.74, 6) is 1.12. The molecule has 1 aliphatic rings. The van der Waals surface area contributed by atoms with E-state index in [4.69, 9.17) is 0 Å². The molecule has 1 N–H and O–H groups in total. The largest absolute Gasteiger partial charge is 0.356 e. The van der Waals surface area contributed by atoms with Crippen molar-refractivity contribution in [2.24, 2.45) is 5.92 Å². The van der Waals surface area contributed by atoms with Gasteiger partial charge in [-0.25, -0.2) is 9.97 Å². The lowest BCUT2D eigenvalue weighted by Crippen LogP contribution is -2.38. The van der Waals surface area contributed by atoms with Crippen molar-refractivity contribution in [2.45, 2.75) is 19.8 Å². The highest BCUT2D eigenvalue weighted by Gasteiger charge is 2.26. The third-order valence-electron chi connectivity index (χ3n) is 5.01. The van der Waals surface area contributed by atoms with Gasteiger partial charge in [0.05, 0.1) is 5.52 Å². The maximum absolute atomic E-state index is 12.6. The van der Waals surface area contributed by atoms with E-state index < -0.39 is 0 Å². The van der Waals surface area contributed by atoms with Gasteiger partial charge in [-0.1, -0.05) is 29.8 Å². The quantitative estimate of drug-likeness (QED) is 0.784. The van der Waals surface area contributed by atoms with Gasteiger partial charge in [0.15, 0.2) is 0 Å². The molecule has 2 heterocycles. The van der Waals surface area contributed by atoms with Crippen LogP contribution in [0, 0.1) is 12.8 Å². The zero-order chi connectivity index (χ0) is 17.9. The van der Waals surface area contributed by atoms with Gasteiger partial charge in [0, 0.05) is 30.1 Å². The number of aromatic nitrogens is 2. The second-order valence-corrected chi connectivity index (χ2v) is 6.83. The Hall–Kier alpha value is -2.95. The van der Waals surface area contributed by atoms with Crippen LogP contribution in [0.4, 0.5) is 11.5 Å². The Morgan fingerprint density at radius 2 is 1.77 bits per heavy atom. The molecule has 1 amide bonds. The van der Waals surface area contributed by atoms with Gasteiger partial charge >= 0.3 is 0 Å². The zero-order valence-electron chi connectivity index (χ0n) is 14.9. The first-order chi connectivity index (χ1) is 12.7. The molecule has 5 heteroatoms. The highest BCUT2D eigenvalue weighted by atomic mass is 16.1. The van der Waals surface area contributed by atoms with Crippen LogP contribution < -0.4 is 10.2 Å². The minimum atomic E-state index is 0.0423. The average molecular weight is 346 g/mol. The minimum absolute atomic E-state index is 0.0423. The van der Waals surface area contributed by atoms with Crippen molar-refractivity contribution >= 4 is 28.3 Å². The third kappa shape index (κ3) is 3.38. The molecule has 0 saturated carbocycles. The number of hydrogen-bond acceptors (Lipinski definition) is 4. The van der Waals surface area contributed by atoms with Crippen molar-refractivity contribution in [1.29, 1.82) is 0 Å². The fourth-order valence-electron chi connectivity index (χ4n) is 3.48. The summed E-state index contributed by atoms with van der Waals surface area (Å²) in [5.41, 5.74) is 3.01. The van der Waals surface area contributed by atoms with Crippen LogP contribution in [0.3, 0.4) is 0 Å². The topological polar surface area (TPSA) is 58.1 Å². The van der Waals surface area contributed by atoms with Crippen LogP contribution >= 0.6 is 0 Å². The number of amides is 1. The Balaban J connectivity index is 1.42. The van der Waals surface area contributed by atoms with Crippen LogP contribution in [0.15, 0.2) is 54.9 Å². The number of hydrogen-bond donors (Lipinski definition) is 1. The molecule has 0 bridgehead atoms. The molecule has 4 rings (SSSR count). The molecule has 0 aliphatic carbocycles. The Morgan fingerprint density at radius 3 is 2.54 bits per heavy atom. The van der Waals surface area contributed by atoms with Gasteiger partial charge in [-0.15, -0.1) is 0 Å². The molecule has 1 aliphatic heterocycles. The van der Waals surface area contributed by atoms with Crippen molar-refractivity contribution in [3.8, 4) is 0 Å². The molecule has 26 heavy (non-hydrogen) atoms. The molecule has 1 fully saturated rings. The molecule has 1 saturated heterocycles. The van der Waals surface area contributed by atoms with Gasteiger partial charge in [0.25, 0.3) is 0 Å². The first kappa shape index (κ1) is 16.5. The van der Waals surface area contributed by atoms with Crippen LogP contribution in [-0.4, -0.2) is 29.0 Å². The number of aryl methyl sites for hydroxylation is 1. The van der Waals surface area contributed by atoms with Crippen LogP contribution in [0.1, 0.15) is 18.4 Å². The van der Waals surface area contributed by atoms with E-state index in [1.807, 2.05) is 49.4 Å². The van der Waals surface area contributed by atoms with Crippen molar-refractivity contribution in [2.75, 3.05) is 23.3 Å². The van der Waals surface area contributed by atoms with Gasteiger partial charge in [-0.3, -0.25) is 4.79 Å². The van der Waals surface area contributed by atoms with Crippen molar-refractivity contribution in [3.05, 3.63) is 60.4 Å². The molecule has 0 radical (unpaired) electrons. The molecular weight excluding hydrogens is 324 g/mol. The molecule has 132 valence electrons. The van der Waals surface area contributed by atoms with Crippen molar-refractivity contribution in [1.82, 2.24) is 9.97 Å². The van der Waals surface area contributed by atoms with Crippen LogP contribution in [0.25, 0.3) is 10.9 Å². The maximum atomic E-state index is 12.6. The van der Waals surface area contributed by atoms with E-state index in [1.165, 1.54) is 5.56 Å². The number of nitrogens with zero attached hydrogens (tertiary/aromatic N) is 3. The molecule has 5 nitrogen and oxygen atoms in total. The van der Waals surface area contributed by atoms with Crippen LogP contribution in [-0.2, 0) is 4.79 Å². The van der Waals surface area contributed by atoms with E-state index in [9.17, 15) is 4.79 Å². The fourth-order valence-corrected chi connectivity index (χ4v) is 3.48. The molecule has 2 aromatic carbocycles. The number of rotatable bonds is 3.